The molecule has 0 saturated carbocycles. The molecule has 0 atom stereocenters. The van der Waals surface area contributed by atoms with Crippen LogP contribution in [0.1, 0.15) is 11.1 Å². The van der Waals surface area contributed by atoms with Crippen LogP contribution in [0.3, 0.4) is 0 Å². The van der Waals surface area contributed by atoms with Crippen LogP contribution in [0, 0.1) is 13.8 Å². The number of piperazine rings is 1. The maximum absolute atomic E-state index is 12.9. The monoisotopic (exact) mass is 401 g/mol. The molecule has 1 aliphatic rings. The van der Waals surface area contributed by atoms with Gasteiger partial charge >= 0.3 is 0 Å². The molecule has 1 aliphatic heterocycles. The minimum atomic E-state index is -3.57. The first-order chi connectivity index (χ1) is 13.3. The molecular formula is C21H27N3O3S. The molecule has 1 fully saturated rings. The number of anilines is 2. The molecule has 0 N–H and O–H groups in total. The minimum absolute atomic E-state index is 0.168. The molecular weight excluding hydrogens is 374 g/mol. The summed E-state index contributed by atoms with van der Waals surface area (Å²) < 4.78 is 26.0. The first-order valence-corrected chi connectivity index (χ1v) is 11.2. The number of carbonyl (C=O) groups is 1. The number of benzene rings is 2. The van der Waals surface area contributed by atoms with Gasteiger partial charge in [-0.15, -0.1) is 0 Å². The quantitative estimate of drug-likeness (QED) is 0.772. The van der Waals surface area contributed by atoms with Crippen molar-refractivity contribution in [1.29, 1.82) is 0 Å². The molecule has 150 valence electrons. The van der Waals surface area contributed by atoms with E-state index in [1.165, 1.54) is 4.31 Å². The third-order valence-corrected chi connectivity index (χ3v) is 6.18. The van der Waals surface area contributed by atoms with Gasteiger partial charge in [0.15, 0.2) is 0 Å². The number of aryl methyl sites for hydroxylation is 2. The molecule has 3 rings (SSSR count). The van der Waals surface area contributed by atoms with Gasteiger partial charge in [0.1, 0.15) is 6.54 Å². The second-order valence-corrected chi connectivity index (χ2v) is 9.17. The lowest BCUT2D eigenvalue weighted by atomic mass is 10.1. The van der Waals surface area contributed by atoms with Crippen LogP contribution in [0.15, 0.2) is 48.5 Å². The lowest BCUT2D eigenvalue weighted by Crippen LogP contribution is -2.52. The predicted octanol–water partition coefficient (Wildman–Crippen LogP) is 2.42. The van der Waals surface area contributed by atoms with Crippen LogP contribution in [0.2, 0.25) is 0 Å². The highest BCUT2D eigenvalue weighted by molar-refractivity contribution is 7.92. The summed E-state index contributed by atoms with van der Waals surface area (Å²) >= 11 is 0. The molecule has 0 aliphatic carbocycles. The third kappa shape index (κ3) is 4.65. The number of amides is 1. The number of hydrogen-bond donors (Lipinski definition) is 0. The van der Waals surface area contributed by atoms with E-state index in [2.05, 4.69) is 17.0 Å². The fourth-order valence-electron chi connectivity index (χ4n) is 3.54. The first kappa shape index (κ1) is 20.2. The summed E-state index contributed by atoms with van der Waals surface area (Å²) in [6.45, 7) is 6.28. The number of carbonyl (C=O) groups excluding carboxylic acids is 1. The molecule has 2 aromatic carbocycles. The Labute approximate surface area is 167 Å². The van der Waals surface area contributed by atoms with Crippen LogP contribution in [0.4, 0.5) is 11.4 Å². The summed E-state index contributed by atoms with van der Waals surface area (Å²) in [5.41, 5.74) is 3.59. The summed E-state index contributed by atoms with van der Waals surface area (Å²) in [6.07, 6.45) is 1.15. The molecule has 6 nitrogen and oxygen atoms in total. The summed E-state index contributed by atoms with van der Waals surface area (Å²) in [5, 5.41) is 0. The molecule has 0 unspecified atom stereocenters. The Bertz CT molecular complexity index is 937. The highest BCUT2D eigenvalue weighted by Crippen LogP contribution is 2.24. The van der Waals surface area contributed by atoms with Crippen LogP contribution in [0.25, 0.3) is 0 Å². The van der Waals surface area contributed by atoms with Gasteiger partial charge in [0, 0.05) is 31.9 Å². The Morgan fingerprint density at radius 3 is 2.21 bits per heavy atom. The first-order valence-electron chi connectivity index (χ1n) is 9.38. The van der Waals surface area contributed by atoms with Gasteiger partial charge in [-0.1, -0.05) is 35.9 Å². The zero-order valence-electron chi connectivity index (χ0n) is 16.6. The second-order valence-electron chi connectivity index (χ2n) is 7.26. The Hall–Kier alpha value is -2.54. The Balaban J connectivity index is 1.70. The van der Waals surface area contributed by atoms with E-state index in [1.807, 2.05) is 44.2 Å². The number of nitrogens with zero attached hydrogens (tertiary/aromatic N) is 3. The number of sulfonamides is 1. The Morgan fingerprint density at radius 1 is 1.00 bits per heavy atom. The van der Waals surface area contributed by atoms with E-state index in [1.54, 1.807) is 11.0 Å². The van der Waals surface area contributed by atoms with Gasteiger partial charge in [-0.2, -0.15) is 0 Å². The topological polar surface area (TPSA) is 60.9 Å². The van der Waals surface area contributed by atoms with Crippen LogP contribution in [-0.2, 0) is 14.8 Å². The molecule has 0 spiro atoms. The van der Waals surface area contributed by atoms with E-state index in [4.69, 9.17) is 0 Å². The van der Waals surface area contributed by atoms with Gasteiger partial charge in [-0.05, 0) is 37.6 Å². The third-order valence-electron chi connectivity index (χ3n) is 5.05. The van der Waals surface area contributed by atoms with E-state index in [0.717, 1.165) is 36.2 Å². The van der Waals surface area contributed by atoms with Crippen LogP contribution < -0.4 is 9.21 Å². The Kier molecular flexibility index (Phi) is 5.93. The SMILES string of the molecule is Cc1ccc(N(CC(=O)N2CCN(c3ccccc3)CC2)S(C)(=O)=O)c(C)c1. The van der Waals surface area contributed by atoms with Crippen molar-refractivity contribution in [2.24, 2.45) is 0 Å². The van der Waals surface area contributed by atoms with Gasteiger partial charge in [-0.25, -0.2) is 8.42 Å². The largest absolute Gasteiger partial charge is 0.368 e. The van der Waals surface area contributed by atoms with E-state index >= 15 is 0 Å². The van der Waals surface area contributed by atoms with Crippen molar-refractivity contribution < 1.29 is 13.2 Å². The van der Waals surface area contributed by atoms with Gasteiger partial charge in [0.05, 0.1) is 11.9 Å². The summed E-state index contributed by atoms with van der Waals surface area (Å²) in [4.78, 5) is 16.8. The number of hydrogen-bond acceptors (Lipinski definition) is 4. The van der Waals surface area contributed by atoms with Gasteiger partial charge in [0.25, 0.3) is 0 Å². The minimum Gasteiger partial charge on any atom is -0.368 e. The maximum atomic E-state index is 12.9. The zero-order valence-corrected chi connectivity index (χ0v) is 17.4. The fraction of sp³-hybridized carbons (Fsp3) is 0.381. The van der Waals surface area contributed by atoms with E-state index in [-0.39, 0.29) is 12.5 Å². The van der Waals surface area contributed by atoms with Crippen molar-refractivity contribution in [3.05, 3.63) is 59.7 Å². The number of rotatable bonds is 5. The fourth-order valence-corrected chi connectivity index (χ4v) is 4.45. The molecule has 7 heteroatoms. The molecule has 1 heterocycles. The normalized spacial score (nSPS) is 14.8. The van der Waals surface area contributed by atoms with Crippen molar-refractivity contribution in [3.8, 4) is 0 Å². The maximum Gasteiger partial charge on any atom is 0.243 e. The molecule has 1 saturated heterocycles. The van der Waals surface area contributed by atoms with Gasteiger partial charge in [0.2, 0.25) is 15.9 Å². The molecule has 0 aromatic heterocycles. The van der Waals surface area contributed by atoms with E-state index in [0.29, 0.717) is 18.8 Å². The lowest BCUT2D eigenvalue weighted by Gasteiger charge is -2.37. The summed E-state index contributed by atoms with van der Waals surface area (Å²) in [5.74, 6) is -0.168. The smallest absolute Gasteiger partial charge is 0.243 e. The lowest BCUT2D eigenvalue weighted by molar-refractivity contribution is -0.129. The predicted molar refractivity (Wildman–Crippen MR) is 113 cm³/mol. The van der Waals surface area contributed by atoms with Crippen LogP contribution in [-0.4, -0.2) is 58.2 Å². The average molecular weight is 402 g/mol. The average Bonchev–Trinajstić information content (AvgIpc) is 2.66. The standard InChI is InChI=1S/C21H27N3O3S/c1-17-9-10-20(18(2)15-17)24(28(3,26)27)16-21(25)23-13-11-22(12-14-23)19-7-5-4-6-8-19/h4-10,15H,11-14,16H2,1-3H3. The van der Waals surface area contributed by atoms with Crippen LogP contribution in [0.5, 0.6) is 0 Å². The highest BCUT2D eigenvalue weighted by atomic mass is 32.2. The number of para-hydroxylation sites is 1. The van der Waals surface area contributed by atoms with Crippen molar-refractivity contribution in [2.75, 3.05) is 48.2 Å². The zero-order chi connectivity index (χ0) is 20.3. The summed E-state index contributed by atoms with van der Waals surface area (Å²) in [7, 11) is -3.57. The Morgan fingerprint density at radius 2 is 1.64 bits per heavy atom. The molecule has 0 radical (unpaired) electrons. The second kappa shape index (κ2) is 8.22. The van der Waals surface area contributed by atoms with Crippen molar-refractivity contribution in [2.45, 2.75) is 13.8 Å². The van der Waals surface area contributed by atoms with Crippen molar-refractivity contribution in [1.82, 2.24) is 4.90 Å². The summed E-state index contributed by atoms with van der Waals surface area (Å²) in [6, 6.07) is 15.7. The van der Waals surface area contributed by atoms with Gasteiger partial charge in [-0.3, -0.25) is 9.10 Å². The van der Waals surface area contributed by atoms with Crippen molar-refractivity contribution in [3.63, 3.8) is 0 Å². The molecule has 28 heavy (non-hydrogen) atoms. The molecule has 2 aromatic rings. The van der Waals surface area contributed by atoms with Crippen molar-refractivity contribution >= 4 is 27.3 Å². The highest BCUT2D eigenvalue weighted by Gasteiger charge is 2.27. The molecule has 1 amide bonds. The van der Waals surface area contributed by atoms with Crippen LogP contribution >= 0.6 is 0 Å². The van der Waals surface area contributed by atoms with Gasteiger partial charge < -0.3 is 9.80 Å². The van der Waals surface area contributed by atoms with E-state index in [9.17, 15) is 13.2 Å². The molecule has 0 bridgehead atoms. The van der Waals surface area contributed by atoms with E-state index < -0.39 is 10.0 Å².